The number of nitrogens with two attached hydrogens (primary N) is 1. The van der Waals surface area contributed by atoms with Crippen molar-refractivity contribution < 1.29 is 14.7 Å². The lowest BCUT2D eigenvalue weighted by Gasteiger charge is -2.28. The van der Waals surface area contributed by atoms with Gasteiger partial charge in [-0.3, -0.25) is 9.59 Å². The molecule has 0 aromatic heterocycles. The van der Waals surface area contributed by atoms with E-state index in [9.17, 15) is 14.7 Å². The molecule has 2 amide bonds. The molecule has 0 unspecified atom stereocenters. The van der Waals surface area contributed by atoms with Crippen LogP contribution < -0.4 is 10.6 Å². The van der Waals surface area contributed by atoms with Gasteiger partial charge in [-0.2, -0.15) is 0 Å². The van der Waals surface area contributed by atoms with Crippen LogP contribution in [0.15, 0.2) is 24.3 Å². The first-order chi connectivity index (χ1) is 10.4. The average molecular weight is 304 g/mol. The molecule has 0 radical (unpaired) electrons. The van der Waals surface area contributed by atoms with Crippen LogP contribution in [0.5, 0.6) is 0 Å². The van der Waals surface area contributed by atoms with Gasteiger partial charge in [0.2, 0.25) is 11.8 Å². The Labute approximate surface area is 131 Å². The molecule has 0 saturated heterocycles. The van der Waals surface area contributed by atoms with Crippen LogP contribution in [0.25, 0.3) is 0 Å². The van der Waals surface area contributed by atoms with E-state index >= 15 is 0 Å². The third kappa shape index (κ3) is 4.31. The molecule has 1 aliphatic rings. The second-order valence-corrected chi connectivity index (χ2v) is 6.21. The maximum atomic E-state index is 12.6. The van der Waals surface area contributed by atoms with E-state index in [4.69, 9.17) is 5.73 Å². The van der Waals surface area contributed by atoms with Crippen LogP contribution in [0.1, 0.15) is 44.1 Å². The van der Waals surface area contributed by atoms with Gasteiger partial charge in [-0.1, -0.05) is 25.0 Å². The van der Waals surface area contributed by atoms with E-state index < -0.39 is 11.5 Å². The van der Waals surface area contributed by atoms with Crippen molar-refractivity contribution in [1.29, 1.82) is 0 Å². The van der Waals surface area contributed by atoms with E-state index in [1.54, 1.807) is 4.90 Å². The summed E-state index contributed by atoms with van der Waals surface area (Å²) in [6.45, 7) is 2.19. The first-order valence-electron chi connectivity index (χ1n) is 7.77. The maximum Gasteiger partial charge on any atom is 0.229 e. The van der Waals surface area contributed by atoms with Crippen molar-refractivity contribution in [2.45, 2.75) is 51.0 Å². The zero-order valence-corrected chi connectivity index (χ0v) is 13.0. The predicted octanol–water partition coefficient (Wildman–Crippen LogP) is 1.90. The van der Waals surface area contributed by atoms with Gasteiger partial charge in [-0.25, -0.2) is 0 Å². The lowest BCUT2D eigenvalue weighted by atomic mass is 9.97. The number of aryl methyl sites for hydroxylation is 1. The zero-order valence-electron chi connectivity index (χ0n) is 13.0. The second-order valence-electron chi connectivity index (χ2n) is 6.21. The Morgan fingerprint density at radius 3 is 2.59 bits per heavy atom. The van der Waals surface area contributed by atoms with Crippen LogP contribution >= 0.6 is 0 Å². The molecule has 5 heteroatoms. The highest BCUT2D eigenvalue weighted by molar-refractivity contribution is 5.94. The van der Waals surface area contributed by atoms with Crippen LogP contribution in [0, 0.1) is 6.92 Å². The maximum absolute atomic E-state index is 12.6. The van der Waals surface area contributed by atoms with Crippen molar-refractivity contribution in [3.63, 3.8) is 0 Å². The number of amides is 2. The van der Waals surface area contributed by atoms with E-state index in [1.165, 1.54) is 0 Å². The number of nitrogens with zero attached hydrogens (tertiary/aromatic N) is 1. The van der Waals surface area contributed by atoms with Crippen molar-refractivity contribution in [2.24, 2.45) is 5.73 Å². The summed E-state index contributed by atoms with van der Waals surface area (Å²) in [4.78, 5) is 25.3. The molecule has 0 bridgehead atoms. The Balaban J connectivity index is 2.15. The van der Waals surface area contributed by atoms with Crippen molar-refractivity contribution >= 4 is 17.5 Å². The smallest absolute Gasteiger partial charge is 0.229 e. The molecule has 0 heterocycles. The molecule has 22 heavy (non-hydrogen) atoms. The first-order valence-corrected chi connectivity index (χ1v) is 7.77. The minimum Gasteiger partial charge on any atom is -0.389 e. The highest BCUT2D eigenvalue weighted by Gasteiger charge is 2.35. The van der Waals surface area contributed by atoms with E-state index in [1.807, 2.05) is 31.2 Å². The summed E-state index contributed by atoms with van der Waals surface area (Å²) in [5.41, 5.74) is 6.09. The molecule has 0 spiro atoms. The third-order valence-corrected chi connectivity index (χ3v) is 4.21. The molecule has 5 nitrogen and oxygen atoms in total. The fourth-order valence-corrected chi connectivity index (χ4v) is 3.00. The topological polar surface area (TPSA) is 83.6 Å². The Morgan fingerprint density at radius 1 is 1.32 bits per heavy atom. The van der Waals surface area contributed by atoms with Crippen molar-refractivity contribution in [3.8, 4) is 0 Å². The van der Waals surface area contributed by atoms with Gasteiger partial charge in [-0.05, 0) is 37.5 Å². The fourth-order valence-electron chi connectivity index (χ4n) is 3.00. The number of benzene rings is 1. The van der Waals surface area contributed by atoms with Gasteiger partial charge >= 0.3 is 0 Å². The molecule has 0 atom stereocenters. The molecule has 3 N–H and O–H groups in total. The minimum atomic E-state index is -0.897. The summed E-state index contributed by atoms with van der Waals surface area (Å²) < 4.78 is 0. The molecular weight excluding hydrogens is 280 g/mol. The molecule has 2 rings (SSSR count). The van der Waals surface area contributed by atoms with Gasteiger partial charge in [0.1, 0.15) is 0 Å². The summed E-state index contributed by atoms with van der Waals surface area (Å²) in [6, 6.07) is 7.56. The van der Waals surface area contributed by atoms with Crippen LogP contribution in [0.4, 0.5) is 5.69 Å². The largest absolute Gasteiger partial charge is 0.389 e. The summed E-state index contributed by atoms with van der Waals surface area (Å²) in [5, 5.41) is 10.5. The molecular formula is C17H24N2O3. The van der Waals surface area contributed by atoms with E-state index in [0.29, 0.717) is 12.8 Å². The fraction of sp³-hybridized carbons (Fsp3) is 0.529. The van der Waals surface area contributed by atoms with E-state index in [-0.39, 0.29) is 25.3 Å². The van der Waals surface area contributed by atoms with Gasteiger partial charge in [0.25, 0.3) is 0 Å². The summed E-state index contributed by atoms with van der Waals surface area (Å²) in [5.74, 6) is -0.596. The normalized spacial score (nSPS) is 16.5. The Morgan fingerprint density at radius 2 is 2.00 bits per heavy atom. The van der Waals surface area contributed by atoms with Gasteiger partial charge in [0.15, 0.2) is 0 Å². The number of hydrogen-bond acceptors (Lipinski definition) is 3. The van der Waals surface area contributed by atoms with Crippen LogP contribution in [0.3, 0.4) is 0 Å². The molecule has 120 valence electrons. The number of carbonyl (C=O) groups is 2. The molecule has 0 aliphatic heterocycles. The summed E-state index contributed by atoms with van der Waals surface area (Å²) in [6.07, 6.45) is 3.44. The quantitative estimate of drug-likeness (QED) is 0.842. The Hall–Kier alpha value is -1.88. The number of carbonyl (C=O) groups excluding carboxylic acids is 2. The lowest BCUT2D eigenvalue weighted by molar-refractivity contribution is -0.123. The van der Waals surface area contributed by atoms with Gasteiger partial charge in [-0.15, -0.1) is 0 Å². The van der Waals surface area contributed by atoms with Crippen molar-refractivity contribution in [3.05, 3.63) is 29.8 Å². The highest BCUT2D eigenvalue weighted by Crippen LogP contribution is 2.33. The number of anilines is 1. The molecule has 1 aromatic rings. The van der Waals surface area contributed by atoms with Crippen LogP contribution in [-0.4, -0.2) is 29.1 Å². The number of aliphatic hydroxyl groups is 1. The van der Waals surface area contributed by atoms with E-state index in [2.05, 4.69) is 0 Å². The minimum absolute atomic E-state index is 0.0969. The lowest BCUT2D eigenvalue weighted by Crippen LogP contribution is -2.39. The number of primary amides is 1. The van der Waals surface area contributed by atoms with Gasteiger partial charge < -0.3 is 15.7 Å². The molecule has 1 saturated carbocycles. The first kappa shape index (κ1) is 16.5. The Bertz CT molecular complexity index is 551. The third-order valence-electron chi connectivity index (χ3n) is 4.21. The monoisotopic (exact) mass is 304 g/mol. The summed E-state index contributed by atoms with van der Waals surface area (Å²) >= 11 is 0. The van der Waals surface area contributed by atoms with Gasteiger partial charge in [0, 0.05) is 18.7 Å². The van der Waals surface area contributed by atoms with Crippen LogP contribution in [-0.2, 0) is 9.59 Å². The summed E-state index contributed by atoms with van der Waals surface area (Å²) in [7, 11) is 0. The number of rotatable bonds is 6. The van der Waals surface area contributed by atoms with E-state index in [0.717, 1.165) is 24.1 Å². The van der Waals surface area contributed by atoms with Crippen LogP contribution in [0.2, 0.25) is 0 Å². The van der Waals surface area contributed by atoms with Gasteiger partial charge in [0.05, 0.1) is 12.0 Å². The highest BCUT2D eigenvalue weighted by atomic mass is 16.3. The average Bonchev–Trinajstić information content (AvgIpc) is 2.85. The standard InChI is InChI=1S/C17H24N2O3/c1-13-5-4-6-14(11-13)19(10-7-15(18)20)16(21)12-17(22)8-2-3-9-17/h4-6,11,22H,2-3,7-10,12H2,1H3,(H2,18,20). The predicted molar refractivity (Wildman–Crippen MR) is 85.4 cm³/mol. The molecule has 1 fully saturated rings. The zero-order chi connectivity index (χ0) is 16.2. The second kappa shape index (κ2) is 6.92. The van der Waals surface area contributed by atoms with Crippen molar-refractivity contribution in [2.75, 3.05) is 11.4 Å². The SMILES string of the molecule is Cc1cccc(N(CCC(N)=O)C(=O)CC2(O)CCCC2)c1. The molecule has 1 aliphatic carbocycles. The molecule has 1 aromatic carbocycles. The Kier molecular flexibility index (Phi) is 5.19. The van der Waals surface area contributed by atoms with Crippen molar-refractivity contribution in [1.82, 2.24) is 0 Å². The number of hydrogen-bond donors (Lipinski definition) is 2.